The summed E-state index contributed by atoms with van der Waals surface area (Å²) >= 11 is 0. The Morgan fingerprint density at radius 3 is 2.23 bits per heavy atom. The number of hydrogen-bond donors (Lipinski definition) is 1. The van der Waals surface area contributed by atoms with E-state index in [2.05, 4.69) is 4.99 Å². The fourth-order valence-electron chi connectivity index (χ4n) is 2.36. The Balaban J connectivity index is 2.12. The van der Waals surface area contributed by atoms with Gasteiger partial charge in [-0.05, 0) is 31.9 Å². The number of carbonyl (C=O) groups is 2. The van der Waals surface area contributed by atoms with Gasteiger partial charge in [0.05, 0.1) is 6.54 Å². The summed E-state index contributed by atoms with van der Waals surface area (Å²) in [7, 11) is 0. The predicted octanol–water partition coefficient (Wildman–Crippen LogP) is 4.59. The monoisotopic (exact) mass is 409 g/mol. The molecular weight excluding hydrogens is 382 g/mol. The van der Waals surface area contributed by atoms with Gasteiger partial charge in [-0.3, -0.25) is 0 Å². The zero-order valence-corrected chi connectivity index (χ0v) is 17.4. The molecular formula is C23H27N3O4. The number of rotatable bonds is 5. The van der Waals surface area contributed by atoms with Crippen LogP contribution >= 0.6 is 0 Å². The third kappa shape index (κ3) is 8.18. The first-order chi connectivity index (χ1) is 14.2. The SMILES string of the molecule is CC(C)(C)OC(=O)/N=C(\N)N(C/C=C/c1ccccc1)C(=O)OCc1ccccc1. The lowest BCUT2D eigenvalue weighted by molar-refractivity contribution is 0.0601. The standard InChI is InChI=1S/C23H27N3O4/c1-23(2,3)30-21(27)25-20(24)26(16-10-15-18-11-6-4-7-12-18)22(28)29-17-19-13-8-5-9-14-19/h4-15H,16-17H2,1-3H3,(H2,24,25,27)/b15-10+. The Bertz CT molecular complexity index is 888. The lowest BCUT2D eigenvalue weighted by Gasteiger charge is -2.21. The van der Waals surface area contributed by atoms with Crippen LogP contribution in [0.2, 0.25) is 0 Å². The molecule has 0 heterocycles. The molecule has 0 saturated carbocycles. The summed E-state index contributed by atoms with van der Waals surface area (Å²) in [4.78, 5) is 29.4. The number of guanidine groups is 1. The smallest absolute Gasteiger partial charge is 0.437 e. The molecule has 7 nitrogen and oxygen atoms in total. The number of nitrogens with two attached hydrogens (primary N) is 1. The van der Waals surface area contributed by atoms with E-state index >= 15 is 0 Å². The van der Waals surface area contributed by atoms with Gasteiger partial charge in [-0.25, -0.2) is 14.5 Å². The highest BCUT2D eigenvalue weighted by atomic mass is 16.6. The van der Waals surface area contributed by atoms with Gasteiger partial charge in [-0.2, -0.15) is 0 Å². The van der Waals surface area contributed by atoms with E-state index in [-0.39, 0.29) is 19.1 Å². The number of amides is 2. The molecule has 0 radical (unpaired) electrons. The molecule has 7 heteroatoms. The number of ether oxygens (including phenoxy) is 2. The third-order valence-electron chi connectivity index (χ3n) is 3.70. The first kappa shape index (κ1) is 22.7. The molecule has 0 aliphatic carbocycles. The fourth-order valence-corrected chi connectivity index (χ4v) is 2.36. The molecule has 0 aliphatic rings. The molecule has 0 spiro atoms. The van der Waals surface area contributed by atoms with Crippen LogP contribution in [-0.2, 0) is 16.1 Å². The van der Waals surface area contributed by atoms with Crippen molar-refractivity contribution in [2.45, 2.75) is 33.0 Å². The van der Waals surface area contributed by atoms with E-state index in [1.54, 1.807) is 26.8 Å². The number of carbonyl (C=O) groups excluding carboxylic acids is 2. The Hall–Kier alpha value is -3.61. The van der Waals surface area contributed by atoms with Gasteiger partial charge in [-0.15, -0.1) is 4.99 Å². The van der Waals surface area contributed by atoms with Gasteiger partial charge in [0.2, 0.25) is 5.96 Å². The van der Waals surface area contributed by atoms with E-state index in [9.17, 15) is 9.59 Å². The zero-order chi connectivity index (χ0) is 22.0. The second-order valence-corrected chi connectivity index (χ2v) is 7.41. The summed E-state index contributed by atoms with van der Waals surface area (Å²) in [5, 5.41) is 0. The van der Waals surface area contributed by atoms with Gasteiger partial charge in [0.1, 0.15) is 12.2 Å². The maximum Gasteiger partial charge on any atom is 0.437 e. The van der Waals surface area contributed by atoms with Crippen molar-refractivity contribution in [2.75, 3.05) is 6.54 Å². The molecule has 2 amide bonds. The minimum absolute atomic E-state index is 0.0677. The largest absolute Gasteiger partial charge is 0.444 e. The van der Waals surface area contributed by atoms with Crippen LogP contribution in [0.5, 0.6) is 0 Å². The van der Waals surface area contributed by atoms with Gasteiger partial charge in [-0.1, -0.05) is 72.8 Å². The van der Waals surface area contributed by atoms with Crippen LogP contribution in [0.3, 0.4) is 0 Å². The van der Waals surface area contributed by atoms with Crippen LogP contribution in [-0.4, -0.2) is 35.2 Å². The van der Waals surface area contributed by atoms with Gasteiger partial charge in [0, 0.05) is 0 Å². The van der Waals surface area contributed by atoms with Crippen LogP contribution in [0.25, 0.3) is 6.08 Å². The maximum atomic E-state index is 12.6. The zero-order valence-electron chi connectivity index (χ0n) is 17.4. The van der Waals surface area contributed by atoms with Crippen LogP contribution in [0.1, 0.15) is 31.9 Å². The fraction of sp³-hybridized carbons (Fsp3) is 0.261. The summed E-state index contributed by atoms with van der Waals surface area (Å²) in [6.07, 6.45) is 1.96. The van der Waals surface area contributed by atoms with E-state index in [1.807, 2.05) is 66.7 Å². The molecule has 2 aromatic carbocycles. The molecule has 0 saturated heterocycles. The summed E-state index contributed by atoms with van der Waals surface area (Å²) in [6, 6.07) is 18.8. The number of benzene rings is 2. The Kier molecular flexibility index (Phi) is 8.17. The lowest BCUT2D eigenvalue weighted by atomic mass is 10.2. The van der Waals surface area contributed by atoms with Gasteiger partial charge >= 0.3 is 12.2 Å². The van der Waals surface area contributed by atoms with Gasteiger partial charge < -0.3 is 15.2 Å². The van der Waals surface area contributed by atoms with E-state index in [0.717, 1.165) is 16.0 Å². The highest BCUT2D eigenvalue weighted by Crippen LogP contribution is 2.09. The molecule has 158 valence electrons. The molecule has 0 fully saturated rings. The summed E-state index contributed by atoms with van der Waals surface area (Å²) in [5.41, 5.74) is 6.98. The minimum atomic E-state index is -0.882. The first-order valence-corrected chi connectivity index (χ1v) is 9.51. The topological polar surface area (TPSA) is 94.2 Å². The molecule has 2 rings (SSSR count). The highest BCUT2D eigenvalue weighted by Gasteiger charge is 2.21. The molecule has 2 N–H and O–H groups in total. The average molecular weight is 409 g/mol. The lowest BCUT2D eigenvalue weighted by Crippen LogP contribution is -2.43. The van der Waals surface area contributed by atoms with Crippen molar-refractivity contribution in [3.05, 3.63) is 77.9 Å². The van der Waals surface area contributed by atoms with Crippen molar-refractivity contribution < 1.29 is 19.1 Å². The van der Waals surface area contributed by atoms with Crippen LogP contribution in [0, 0.1) is 0 Å². The third-order valence-corrected chi connectivity index (χ3v) is 3.70. The Labute approximate surface area is 176 Å². The van der Waals surface area contributed by atoms with E-state index in [4.69, 9.17) is 15.2 Å². The summed E-state index contributed by atoms with van der Waals surface area (Å²) < 4.78 is 10.5. The van der Waals surface area contributed by atoms with Crippen molar-refractivity contribution in [3.63, 3.8) is 0 Å². The van der Waals surface area contributed by atoms with Crippen molar-refractivity contribution >= 4 is 24.2 Å². The number of aliphatic imine (C=N–C) groups is 1. The van der Waals surface area contributed by atoms with Crippen molar-refractivity contribution in [2.24, 2.45) is 10.7 Å². The predicted molar refractivity (Wildman–Crippen MR) is 117 cm³/mol. The number of nitrogens with zero attached hydrogens (tertiary/aromatic N) is 2. The second kappa shape index (κ2) is 10.8. The first-order valence-electron chi connectivity index (χ1n) is 9.51. The van der Waals surface area contributed by atoms with Crippen LogP contribution < -0.4 is 5.73 Å². The second-order valence-electron chi connectivity index (χ2n) is 7.41. The molecule has 0 bridgehead atoms. The van der Waals surface area contributed by atoms with Crippen molar-refractivity contribution in [3.8, 4) is 0 Å². The molecule has 0 unspecified atom stereocenters. The molecule has 30 heavy (non-hydrogen) atoms. The summed E-state index contributed by atoms with van der Waals surface area (Å²) in [5.74, 6) is -0.306. The quantitative estimate of drug-likeness (QED) is 0.576. The van der Waals surface area contributed by atoms with Crippen molar-refractivity contribution in [1.82, 2.24) is 4.90 Å². The average Bonchev–Trinajstić information content (AvgIpc) is 2.69. The van der Waals surface area contributed by atoms with Crippen LogP contribution in [0.15, 0.2) is 71.7 Å². The van der Waals surface area contributed by atoms with E-state index < -0.39 is 17.8 Å². The number of hydrogen-bond acceptors (Lipinski definition) is 4. The molecule has 0 atom stereocenters. The van der Waals surface area contributed by atoms with E-state index in [1.165, 1.54) is 0 Å². The summed E-state index contributed by atoms with van der Waals surface area (Å²) in [6.45, 7) is 5.28. The Morgan fingerprint density at radius 1 is 1.03 bits per heavy atom. The van der Waals surface area contributed by atoms with Gasteiger partial charge in [0.25, 0.3) is 0 Å². The normalized spacial score (nSPS) is 11.9. The molecule has 0 aliphatic heterocycles. The van der Waals surface area contributed by atoms with Crippen LogP contribution in [0.4, 0.5) is 9.59 Å². The van der Waals surface area contributed by atoms with E-state index in [0.29, 0.717) is 0 Å². The van der Waals surface area contributed by atoms with Crippen molar-refractivity contribution in [1.29, 1.82) is 0 Å². The Morgan fingerprint density at radius 2 is 1.63 bits per heavy atom. The molecule has 0 aromatic heterocycles. The highest BCUT2D eigenvalue weighted by molar-refractivity contribution is 5.98. The van der Waals surface area contributed by atoms with Gasteiger partial charge in [0.15, 0.2) is 0 Å². The molecule has 2 aromatic rings. The maximum absolute atomic E-state index is 12.6. The minimum Gasteiger partial charge on any atom is -0.444 e.